The van der Waals surface area contributed by atoms with Gasteiger partial charge in [-0.05, 0) is 49.2 Å². The molecule has 0 fully saturated rings. The van der Waals surface area contributed by atoms with E-state index in [4.69, 9.17) is 1.34 Å². The molecule has 0 aliphatic heterocycles. The number of imidazole rings is 1. The monoisotopic (exact) mass is 518 g/mol. The van der Waals surface area contributed by atoms with E-state index in [1.165, 1.54) is 5.56 Å². The zero-order chi connectivity index (χ0) is 28.0. The number of fused-ring (bicyclic) bond motifs is 1. The Morgan fingerprint density at radius 3 is 2.31 bits per heavy atom. The summed E-state index contributed by atoms with van der Waals surface area (Å²) in [4.78, 5) is 31.8. The molecule has 0 spiro atoms. The van der Waals surface area contributed by atoms with Crippen LogP contribution in [0.15, 0.2) is 97.3 Å². The minimum absolute atomic E-state index is 0.0230. The number of hydrogen-bond donors (Lipinski definition) is 3. The Morgan fingerprint density at radius 2 is 1.56 bits per heavy atom. The minimum Gasteiger partial charge on any atom is -0.354 e. The Labute approximate surface area is 231 Å². The van der Waals surface area contributed by atoms with Gasteiger partial charge in [-0.1, -0.05) is 54.6 Å². The molecule has 0 bridgehead atoms. The smallest absolute Gasteiger partial charge is 0.254 e. The van der Waals surface area contributed by atoms with Crippen LogP contribution in [-0.4, -0.2) is 53.5 Å². The number of carbonyl (C=O) groups is 1. The molecule has 0 aliphatic rings. The van der Waals surface area contributed by atoms with Gasteiger partial charge < -0.3 is 20.5 Å². The number of nitrogens with zero attached hydrogens (tertiary/aromatic N) is 4. The highest BCUT2D eigenvalue weighted by atomic mass is 16.2. The predicted octanol–water partition coefficient (Wildman–Crippen LogP) is 4.14. The minimum atomic E-state index is -0.0230. The summed E-state index contributed by atoms with van der Waals surface area (Å²) in [6.07, 6.45) is 4.15. The van der Waals surface area contributed by atoms with E-state index in [1.807, 2.05) is 71.6 Å². The van der Waals surface area contributed by atoms with E-state index in [2.05, 4.69) is 51.1 Å². The van der Waals surface area contributed by atoms with Crippen molar-refractivity contribution in [2.24, 2.45) is 0 Å². The lowest BCUT2D eigenvalue weighted by atomic mass is 10.1. The quantitative estimate of drug-likeness (QED) is 0.170. The van der Waals surface area contributed by atoms with Crippen LogP contribution in [0.25, 0.3) is 11.0 Å². The first-order valence-corrected chi connectivity index (χ1v) is 12.8. The molecule has 0 aliphatic carbocycles. The Kier molecular flexibility index (Phi) is 9.30. The van der Waals surface area contributed by atoms with Gasteiger partial charge in [0, 0.05) is 52.5 Å². The van der Waals surface area contributed by atoms with Crippen molar-refractivity contribution in [1.82, 2.24) is 30.2 Å². The van der Waals surface area contributed by atoms with Gasteiger partial charge in [0.2, 0.25) is 5.95 Å². The van der Waals surface area contributed by atoms with E-state index < -0.39 is 0 Å². The van der Waals surface area contributed by atoms with Crippen molar-refractivity contribution in [2.75, 3.05) is 18.4 Å². The highest BCUT2D eigenvalue weighted by molar-refractivity contribution is 5.94. The first kappa shape index (κ1) is 26.1. The van der Waals surface area contributed by atoms with Crippen molar-refractivity contribution in [3.05, 3.63) is 120 Å². The number of aromatic amines is 1. The lowest BCUT2D eigenvalue weighted by Crippen LogP contribution is -2.33. The number of hydrogen-bond acceptors (Lipinski definition) is 6. The van der Waals surface area contributed by atoms with E-state index in [-0.39, 0.29) is 5.91 Å². The summed E-state index contributed by atoms with van der Waals surface area (Å²) in [5.74, 6) is 1.32. The Morgan fingerprint density at radius 1 is 0.872 bits per heavy atom. The van der Waals surface area contributed by atoms with Gasteiger partial charge in [-0.2, -0.15) is 0 Å². The second-order valence-corrected chi connectivity index (χ2v) is 9.07. The topological polar surface area (TPSA) is 98.8 Å². The van der Waals surface area contributed by atoms with Gasteiger partial charge in [0.15, 0.2) is 0 Å². The molecule has 3 aromatic carbocycles. The average molecular weight is 518 g/mol. The zero-order valence-corrected chi connectivity index (χ0v) is 21.8. The van der Waals surface area contributed by atoms with Crippen LogP contribution in [0.2, 0.25) is 0 Å². The van der Waals surface area contributed by atoms with Crippen molar-refractivity contribution in [3.8, 4) is 0 Å². The summed E-state index contributed by atoms with van der Waals surface area (Å²) in [6.45, 7) is 3.15. The van der Waals surface area contributed by atoms with Crippen molar-refractivity contribution >= 4 is 31.3 Å². The number of nitrogens with one attached hydrogen (secondary N) is 3. The molecule has 2 heterocycles. The fraction of sp³-hybridized carbons (Fsp3) is 0.200. The Hall–Kier alpha value is -4.50. The van der Waals surface area contributed by atoms with Gasteiger partial charge >= 0.3 is 0 Å². The van der Waals surface area contributed by atoms with Gasteiger partial charge in [0.05, 0.1) is 17.6 Å². The molecular weight excluding hydrogens is 485 g/mol. The standard InChI is InChI=1S/C30H31N7O.BH/c38-29(25-14-12-24(13-15-25)21-31-20-23-8-2-1-3-9-23)37(19-7-18-34-30-32-16-6-17-33-30)22-28-35-26-10-4-5-11-27(26)36-28;/h1-6,8-17,31H,7,18-22H2,(H,35,36)(H,32,33,34);1H/i;1D. The molecule has 2 aromatic heterocycles. The Bertz CT molecular complexity index is 1420. The SMILES string of the molecule is O=C(c1ccc(CNCc2ccccc2)cc1)N(CCCNc1ncccn1)Cc1nc2ccccc2[nH]1.[2H][B]. The number of amides is 1. The van der Waals surface area contributed by atoms with Crippen molar-refractivity contribution in [1.29, 1.82) is 1.34 Å². The molecule has 5 aromatic rings. The van der Waals surface area contributed by atoms with Crippen molar-refractivity contribution < 1.29 is 4.79 Å². The van der Waals surface area contributed by atoms with Gasteiger partial charge in [-0.25, -0.2) is 15.0 Å². The van der Waals surface area contributed by atoms with Gasteiger partial charge in [0.1, 0.15) is 5.82 Å². The molecule has 0 saturated heterocycles. The molecule has 3 N–H and O–H groups in total. The van der Waals surface area contributed by atoms with E-state index >= 15 is 0 Å². The fourth-order valence-corrected chi connectivity index (χ4v) is 4.27. The third-order valence-electron chi connectivity index (χ3n) is 6.22. The lowest BCUT2D eigenvalue weighted by molar-refractivity contribution is 0.0739. The van der Waals surface area contributed by atoms with Crippen LogP contribution in [0.3, 0.4) is 0 Å². The second kappa shape index (κ2) is 13.9. The molecule has 39 heavy (non-hydrogen) atoms. The molecule has 2 radical (unpaired) electrons. The first-order chi connectivity index (χ1) is 19.7. The normalized spacial score (nSPS) is 10.8. The third-order valence-corrected chi connectivity index (χ3v) is 6.22. The van der Waals surface area contributed by atoms with E-state index in [0.717, 1.165) is 41.9 Å². The summed E-state index contributed by atoms with van der Waals surface area (Å²) in [6, 6.07) is 27.8. The molecule has 9 heteroatoms. The van der Waals surface area contributed by atoms with Crippen LogP contribution in [0.4, 0.5) is 5.95 Å². The maximum absolute atomic E-state index is 13.6. The number of rotatable bonds is 12. The average Bonchev–Trinajstić information content (AvgIpc) is 3.43. The predicted molar refractivity (Wildman–Crippen MR) is 157 cm³/mol. The largest absolute Gasteiger partial charge is 0.354 e. The van der Waals surface area contributed by atoms with Gasteiger partial charge in [-0.15, -0.1) is 0 Å². The highest BCUT2D eigenvalue weighted by Gasteiger charge is 2.18. The number of benzene rings is 3. The number of H-pyrrole nitrogens is 1. The van der Waals surface area contributed by atoms with E-state index in [1.54, 1.807) is 18.5 Å². The van der Waals surface area contributed by atoms with Crippen LogP contribution < -0.4 is 10.6 Å². The number of aromatic nitrogens is 4. The fourth-order valence-electron chi connectivity index (χ4n) is 4.27. The van der Waals surface area contributed by atoms with Crippen LogP contribution in [-0.2, 0) is 19.6 Å². The number of anilines is 1. The summed E-state index contributed by atoms with van der Waals surface area (Å²) in [5.41, 5.74) is 4.89. The third kappa shape index (κ3) is 7.75. The molecule has 0 unspecified atom stereocenters. The molecule has 5 rings (SSSR count). The molecule has 8 nitrogen and oxygen atoms in total. The zero-order valence-electron chi connectivity index (χ0n) is 22.8. The van der Waals surface area contributed by atoms with E-state index in [9.17, 15) is 4.79 Å². The molecule has 196 valence electrons. The number of carbonyl (C=O) groups excluding carboxylic acids is 1. The second-order valence-electron chi connectivity index (χ2n) is 9.07. The molecule has 0 saturated carbocycles. The summed E-state index contributed by atoms with van der Waals surface area (Å²) in [5, 5.41) is 6.67. The van der Waals surface area contributed by atoms with Gasteiger partial charge in [0.25, 0.3) is 5.91 Å². The number of para-hydroxylation sites is 2. The van der Waals surface area contributed by atoms with Crippen LogP contribution in [0, 0.1) is 0 Å². The molecule has 0 atom stereocenters. The Balaban J connectivity index is 0.00000181. The lowest BCUT2D eigenvalue weighted by Gasteiger charge is -2.22. The molecule has 1 amide bonds. The van der Waals surface area contributed by atoms with Crippen molar-refractivity contribution in [3.63, 3.8) is 0 Å². The summed E-state index contributed by atoms with van der Waals surface area (Å²) < 4.78 is 5.25. The summed E-state index contributed by atoms with van der Waals surface area (Å²) >= 11 is 0. The maximum Gasteiger partial charge on any atom is 0.254 e. The highest BCUT2D eigenvalue weighted by Crippen LogP contribution is 2.15. The van der Waals surface area contributed by atoms with Crippen molar-refractivity contribution in [2.45, 2.75) is 26.1 Å². The maximum atomic E-state index is 13.6. The summed E-state index contributed by atoms with van der Waals surface area (Å²) in [7, 11) is 3.75. The molecular formula is C30H32BN7O. The first-order valence-electron chi connectivity index (χ1n) is 13.4. The van der Waals surface area contributed by atoms with Crippen LogP contribution in [0.5, 0.6) is 0 Å². The van der Waals surface area contributed by atoms with E-state index in [0.29, 0.717) is 31.1 Å². The van der Waals surface area contributed by atoms with Gasteiger partial charge in [-0.3, -0.25) is 4.79 Å². The van der Waals surface area contributed by atoms with Crippen LogP contribution >= 0.6 is 0 Å². The van der Waals surface area contributed by atoms with Crippen LogP contribution in [0.1, 0.15) is 33.7 Å².